The second-order valence-corrected chi connectivity index (χ2v) is 7.51. The van der Waals surface area contributed by atoms with Crippen molar-refractivity contribution in [2.45, 2.75) is 25.7 Å². The van der Waals surface area contributed by atoms with Gasteiger partial charge < -0.3 is 24.1 Å². The van der Waals surface area contributed by atoms with Crippen molar-refractivity contribution < 1.29 is 37.1 Å². The minimum absolute atomic E-state index is 0.0429. The van der Waals surface area contributed by atoms with Crippen molar-refractivity contribution in [3.63, 3.8) is 0 Å². The first kappa shape index (κ1) is 24.0. The van der Waals surface area contributed by atoms with Crippen LogP contribution < -0.4 is 19.0 Å². The number of rotatable bonds is 11. The van der Waals surface area contributed by atoms with Gasteiger partial charge in [-0.25, -0.2) is 0 Å². The van der Waals surface area contributed by atoms with E-state index in [1.807, 2.05) is 0 Å². The lowest BCUT2D eigenvalue weighted by Gasteiger charge is -2.12. The lowest BCUT2D eigenvalue weighted by molar-refractivity contribution is -0.137. The highest BCUT2D eigenvalue weighted by molar-refractivity contribution is 7.74. The van der Waals surface area contributed by atoms with Crippen LogP contribution in [-0.2, 0) is 21.0 Å². The smallest absolute Gasteiger partial charge is 0.357 e. The minimum atomic E-state index is -2.53. The van der Waals surface area contributed by atoms with E-state index in [1.54, 1.807) is 42.6 Å². The summed E-state index contributed by atoms with van der Waals surface area (Å²) in [6.07, 6.45) is 2.78. The molecule has 0 aliphatic rings. The summed E-state index contributed by atoms with van der Waals surface area (Å²) in [4.78, 5) is 26.8. The number of ether oxygens (including phenoxy) is 2. The van der Waals surface area contributed by atoms with Crippen molar-refractivity contribution in [2.75, 3.05) is 12.4 Å². The molecule has 11 heteroatoms. The third kappa shape index (κ3) is 6.89. The summed E-state index contributed by atoms with van der Waals surface area (Å²) in [6, 6.07) is 11.4. The average molecular weight is 474 g/mol. The number of amides is 1. The van der Waals surface area contributed by atoms with Gasteiger partial charge in [0, 0.05) is 36.2 Å². The summed E-state index contributed by atoms with van der Waals surface area (Å²) in [5, 5.41) is 11.9. The number of nitrogens with one attached hydrogen (secondary N) is 1. The molecule has 3 N–H and O–H groups in total. The molecular weight excluding hydrogens is 452 g/mol. The zero-order chi connectivity index (χ0) is 23.8. The molecule has 3 rings (SSSR count). The normalized spacial score (nSPS) is 11.6. The van der Waals surface area contributed by atoms with Gasteiger partial charge in [0.2, 0.25) is 5.91 Å². The van der Waals surface area contributed by atoms with Gasteiger partial charge in [0.15, 0.2) is 11.5 Å². The van der Waals surface area contributed by atoms with Crippen LogP contribution in [0.1, 0.15) is 25.7 Å². The van der Waals surface area contributed by atoms with Gasteiger partial charge in [0.1, 0.15) is 11.5 Å². The lowest BCUT2D eigenvalue weighted by atomic mass is 10.2. The zero-order valence-corrected chi connectivity index (χ0v) is 18.5. The highest BCUT2D eigenvalue weighted by atomic mass is 32.2. The van der Waals surface area contributed by atoms with E-state index in [-0.39, 0.29) is 30.2 Å². The standard InChI is InChI=1S/C22H22N2O8S/c1-30-19-13-17-16(12-20(19)32-33(28)29)18(10-11-23-17)31-15-8-6-14(7-9-15)24-21(25)4-2-3-5-22(26)27/h6-13H,2-5H2,1H3,(H,24,25)(H,26,27)(H,28,29). The zero-order valence-electron chi connectivity index (χ0n) is 17.6. The molecule has 10 nitrogen and oxygen atoms in total. The third-order valence-electron chi connectivity index (χ3n) is 4.56. The molecule has 33 heavy (non-hydrogen) atoms. The number of pyridine rings is 1. The van der Waals surface area contributed by atoms with Gasteiger partial charge in [0.05, 0.1) is 12.6 Å². The third-order valence-corrected chi connectivity index (χ3v) is 4.88. The van der Waals surface area contributed by atoms with E-state index in [1.165, 1.54) is 13.2 Å². The number of hydrogen-bond acceptors (Lipinski definition) is 7. The average Bonchev–Trinajstić information content (AvgIpc) is 2.77. The van der Waals surface area contributed by atoms with Crippen LogP contribution in [0.25, 0.3) is 10.9 Å². The fraction of sp³-hybridized carbons (Fsp3) is 0.227. The first-order valence-corrected chi connectivity index (χ1v) is 10.9. The topological polar surface area (TPSA) is 144 Å². The Kier molecular flexibility index (Phi) is 8.17. The van der Waals surface area contributed by atoms with Gasteiger partial charge in [-0.05, 0) is 49.2 Å². The van der Waals surface area contributed by atoms with Crippen molar-refractivity contribution in [3.8, 4) is 23.0 Å². The molecule has 2 aromatic carbocycles. The molecule has 0 spiro atoms. The van der Waals surface area contributed by atoms with Gasteiger partial charge in [-0.3, -0.25) is 19.1 Å². The van der Waals surface area contributed by atoms with Crippen molar-refractivity contribution in [3.05, 3.63) is 48.7 Å². The monoisotopic (exact) mass is 474 g/mol. The fourth-order valence-corrected chi connectivity index (χ4v) is 3.32. The number of aliphatic carboxylic acids is 1. The predicted octanol–water partition coefficient (Wildman–Crippen LogP) is 4.13. The molecule has 0 saturated carbocycles. The molecule has 0 radical (unpaired) electrons. The second kappa shape index (κ2) is 11.2. The number of anilines is 1. The molecular formula is C22H22N2O8S. The van der Waals surface area contributed by atoms with Crippen LogP contribution in [0.3, 0.4) is 0 Å². The number of benzene rings is 2. The Balaban J connectivity index is 1.70. The summed E-state index contributed by atoms with van der Waals surface area (Å²) in [5.41, 5.74) is 1.11. The van der Waals surface area contributed by atoms with E-state index >= 15 is 0 Å². The van der Waals surface area contributed by atoms with E-state index in [0.29, 0.717) is 40.9 Å². The van der Waals surface area contributed by atoms with Crippen LogP contribution >= 0.6 is 0 Å². The summed E-state index contributed by atoms with van der Waals surface area (Å²) in [7, 11) is 1.41. The number of carboxylic acid groups (broad SMARTS) is 1. The first-order chi connectivity index (χ1) is 15.9. The van der Waals surface area contributed by atoms with Crippen molar-refractivity contribution in [2.24, 2.45) is 0 Å². The number of methoxy groups -OCH3 is 1. The quantitative estimate of drug-likeness (QED) is 0.276. The Morgan fingerprint density at radius 2 is 1.76 bits per heavy atom. The predicted molar refractivity (Wildman–Crippen MR) is 121 cm³/mol. The number of unbranched alkanes of at least 4 members (excludes halogenated alkanes) is 1. The first-order valence-electron chi connectivity index (χ1n) is 9.91. The molecule has 3 aromatic rings. The van der Waals surface area contributed by atoms with Gasteiger partial charge >= 0.3 is 17.3 Å². The van der Waals surface area contributed by atoms with E-state index in [2.05, 4.69) is 10.3 Å². The molecule has 1 amide bonds. The SMILES string of the molecule is COc1cc2nccc(Oc3ccc(NC(=O)CCCCC(=O)O)cc3)c2cc1OS(=O)O. The highest BCUT2D eigenvalue weighted by Gasteiger charge is 2.14. The van der Waals surface area contributed by atoms with Gasteiger partial charge in [-0.2, -0.15) is 4.21 Å². The molecule has 1 unspecified atom stereocenters. The fourth-order valence-electron chi connectivity index (χ4n) is 3.04. The van der Waals surface area contributed by atoms with E-state index < -0.39 is 17.3 Å². The number of aromatic nitrogens is 1. The molecule has 0 fully saturated rings. The molecule has 0 aliphatic heterocycles. The molecule has 1 atom stereocenters. The lowest BCUT2D eigenvalue weighted by Crippen LogP contribution is -2.11. The number of nitrogens with zero attached hydrogens (tertiary/aromatic N) is 1. The van der Waals surface area contributed by atoms with Gasteiger partial charge in [-0.1, -0.05) is 0 Å². The summed E-state index contributed by atoms with van der Waals surface area (Å²) in [6.45, 7) is 0. The Bertz CT molecular complexity index is 1170. The molecule has 1 aromatic heterocycles. The minimum Gasteiger partial charge on any atom is -0.493 e. The number of carbonyl (C=O) groups excluding carboxylic acids is 1. The maximum atomic E-state index is 12.0. The molecule has 0 aliphatic carbocycles. The van der Waals surface area contributed by atoms with Crippen molar-refractivity contribution in [1.82, 2.24) is 4.98 Å². The Hall–Kier alpha value is -3.70. The largest absolute Gasteiger partial charge is 0.493 e. The van der Waals surface area contributed by atoms with E-state index in [0.717, 1.165) is 0 Å². The van der Waals surface area contributed by atoms with Crippen LogP contribution in [0, 0.1) is 0 Å². The number of fused-ring (bicyclic) bond motifs is 1. The van der Waals surface area contributed by atoms with Crippen LogP contribution in [0.5, 0.6) is 23.0 Å². The summed E-state index contributed by atoms with van der Waals surface area (Å²) < 4.78 is 36.2. The van der Waals surface area contributed by atoms with Crippen LogP contribution in [0.4, 0.5) is 5.69 Å². The highest BCUT2D eigenvalue weighted by Crippen LogP contribution is 2.37. The van der Waals surface area contributed by atoms with Crippen LogP contribution in [0.15, 0.2) is 48.7 Å². The summed E-state index contributed by atoms with van der Waals surface area (Å²) in [5.74, 6) is 0.163. The Labute approximate surface area is 192 Å². The van der Waals surface area contributed by atoms with Crippen LogP contribution in [-0.4, -0.2) is 37.8 Å². The Morgan fingerprint density at radius 1 is 1.03 bits per heavy atom. The molecule has 0 bridgehead atoms. The van der Waals surface area contributed by atoms with Gasteiger partial charge in [-0.15, -0.1) is 0 Å². The van der Waals surface area contributed by atoms with E-state index in [9.17, 15) is 13.8 Å². The second-order valence-electron chi connectivity index (χ2n) is 6.91. The van der Waals surface area contributed by atoms with Crippen molar-refractivity contribution >= 4 is 39.8 Å². The molecule has 1 heterocycles. The molecule has 174 valence electrons. The Morgan fingerprint density at radius 3 is 2.42 bits per heavy atom. The number of hydrogen-bond donors (Lipinski definition) is 3. The number of carboxylic acids is 1. The van der Waals surface area contributed by atoms with Crippen molar-refractivity contribution in [1.29, 1.82) is 0 Å². The number of carbonyl (C=O) groups is 2. The van der Waals surface area contributed by atoms with Gasteiger partial charge in [0.25, 0.3) is 0 Å². The summed E-state index contributed by atoms with van der Waals surface area (Å²) >= 11 is -2.53. The van der Waals surface area contributed by atoms with E-state index in [4.69, 9.17) is 23.3 Å². The molecule has 0 saturated heterocycles. The maximum absolute atomic E-state index is 12.0. The maximum Gasteiger partial charge on any atom is 0.357 e. The van der Waals surface area contributed by atoms with Crippen LogP contribution in [0.2, 0.25) is 0 Å².